The van der Waals surface area contributed by atoms with Crippen LogP contribution in [0.2, 0.25) is 0 Å². The first-order valence-electron chi connectivity index (χ1n) is 21.1. The number of unbranched alkanes of at least 4 members (excludes halogenated alkanes) is 22. The van der Waals surface area contributed by atoms with Crippen LogP contribution >= 0.6 is 0 Å². The van der Waals surface area contributed by atoms with Crippen LogP contribution in [-0.2, 0) is 14.3 Å². The number of halogens is 1. The highest BCUT2D eigenvalue weighted by Gasteiger charge is 2.35. The minimum atomic E-state index is -0.134. The molecule has 0 fully saturated rings. The van der Waals surface area contributed by atoms with Crippen molar-refractivity contribution < 1.29 is 36.4 Å². The van der Waals surface area contributed by atoms with Crippen LogP contribution in [0.4, 0.5) is 0 Å². The molecule has 0 aromatic carbocycles. The summed E-state index contributed by atoms with van der Waals surface area (Å²) in [4.78, 5) is 27.6. The lowest BCUT2D eigenvalue weighted by Crippen LogP contribution is -3.00. The largest absolute Gasteiger partial charge is 1.00 e. The number of esters is 1. The van der Waals surface area contributed by atoms with E-state index in [2.05, 4.69) is 43.1 Å². The molecule has 0 bridgehead atoms. The average Bonchev–Trinajstić information content (AvgIpc) is 3.50. The van der Waals surface area contributed by atoms with Crippen LogP contribution in [0.5, 0.6) is 0 Å². The molecule has 0 atom stereocenters. The highest BCUT2D eigenvalue weighted by Crippen LogP contribution is 2.13. The van der Waals surface area contributed by atoms with E-state index < -0.39 is 0 Å². The Labute approximate surface area is 315 Å². The van der Waals surface area contributed by atoms with Gasteiger partial charge in [0.15, 0.2) is 0 Å². The zero-order valence-corrected chi connectivity index (χ0v) is 33.6. The van der Waals surface area contributed by atoms with Gasteiger partial charge in [0.05, 0.1) is 6.61 Å². The Morgan fingerprint density at radius 1 is 0.640 bits per heavy atom. The molecule has 292 valence electrons. The van der Waals surface area contributed by atoms with Crippen LogP contribution in [0.25, 0.3) is 0 Å². The van der Waals surface area contributed by atoms with Crippen LogP contribution in [0.1, 0.15) is 194 Å². The highest BCUT2D eigenvalue weighted by molar-refractivity contribution is 6.36. The number of allylic oxidation sites excluding steroid dienone is 4. The van der Waals surface area contributed by atoms with Crippen molar-refractivity contribution in [2.45, 2.75) is 194 Å². The Balaban J connectivity index is 0.0000240. The van der Waals surface area contributed by atoms with Crippen molar-refractivity contribution >= 4 is 17.6 Å². The van der Waals surface area contributed by atoms with Crippen molar-refractivity contribution in [2.75, 3.05) is 39.4 Å². The lowest BCUT2D eigenvalue weighted by molar-refractivity contribution is -0.519. The van der Waals surface area contributed by atoms with E-state index in [0.29, 0.717) is 38.4 Å². The third kappa shape index (κ3) is 28.0. The third-order valence-corrected chi connectivity index (χ3v) is 9.79. The third-order valence-electron chi connectivity index (χ3n) is 9.79. The summed E-state index contributed by atoms with van der Waals surface area (Å²) in [5.74, 6) is 0.728. The molecule has 1 aliphatic rings. The van der Waals surface area contributed by atoms with E-state index in [0.717, 1.165) is 38.8 Å². The summed E-state index contributed by atoms with van der Waals surface area (Å²) in [6.07, 6.45) is 42.7. The minimum Gasteiger partial charge on any atom is -1.00 e. The molecule has 0 aliphatic carbocycles. The maximum Gasteiger partial charge on any atom is 0.316 e. The van der Waals surface area contributed by atoms with Gasteiger partial charge in [-0.15, -0.1) is 0 Å². The topological polar surface area (TPSA) is 69.8 Å². The van der Waals surface area contributed by atoms with Crippen molar-refractivity contribution in [2.24, 2.45) is 0 Å². The number of amidine groups is 1. The average molecular weight is 724 g/mol. The van der Waals surface area contributed by atoms with Crippen LogP contribution in [0.15, 0.2) is 24.3 Å². The van der Waals surface area contributed by atoms with Gasteiger partial charge >= 0.3 is 11.8 Å². The number of aliphatic hydroxyl groups is 1. The Morgan fingerprint density at radius 3 is 1.52 bits per heavy atom. The van der Waals surface area contributed by atoms with Gasteiger partial charge in [-0.05, 0) is 64.2 Å². The van der Waals surface area contributed by atoms with Crippen LogP contribution in [0, 0.1) is 0 Å². The Bertz CT molecular complexity index is 888. The van der Waals surface area contributed by atoms with Crippen LogP contribution in [-0.4, -0.2) is 71.6 Å². The van der Waals surface area contributed by atoms with Gasteiger partial charge in [0, 0.05) is 12.8 Å². The summed E-state index contributed by atoms with van der Waals surface area (Å²) in [6.45, 7) is 7.35. The summed E-state index contributed by atoms with van der Waals surface area (Å²) in [5, 5.41) is 9.55. The number of ketones is 1. The highest BCUT2D eigenvalue weighted by atomic mass is 35.5. The quantitative estimate of drug-likeness (QED) is 0.0308. The Morgan fingerprint density at radius 2 is 1.06 bits per heavy atom. The molecule has 1 aliphatic heterocycles. The molecule has 7 heteroatoms. The van der Waals surface area contributed by atoms with Crippen molar-refractivity contribution in [3.8, 4) is 0 Å². The van der Waals surface area contributed by atoms with E-state index in [9.17, 15) is 14.7 Å². The summed E-state index contributed by atoms with van der Waals surface area (Å²) in [5.41, 5.74) is 0. The van der Waals surface area contributed by atoms with Gasteiger partial charge in [-0.25, -0.2) is 0 Å². The number of carbonyl (C=O) groups excluding carboxylic acids is 2. The molecule has 0 radical (unpaired) electrons. The number of hydrogen-bond donors (Lipinski definition) is 1. The lowest BCUT2D eigenvalue weighted by atomic mass is 10.1. The molecule has 1 heterocycles. The van der Waals surface area contributed by atoms with Gasteiger partial charge in [0.2, 0.25) is 5.78 Å². The van der Waals surface area contributed by atoms with Gasteiger partial charge in [0.1, 0.15) is 32.8 Å². The Kier molecular flexibility index (Phi) is 35.9. The molecular weight excluding hydrogens is 644 g/mol. The van der Waals surface area contributed by atoms with Gasteiger partial charge in [-0.2, -0.15) is 0 Å². The number of ether oxygens (including phenoxy) is 1. The number of carbonyl (C=O) groups is 2. The SMILES string of the molecule is CCCCCCCCC=CCCCCCCCC(=O)OCCN1CC[N+](CCO)=C1C(=O)CCCCCCCC=CCCCCCCCC.[Cl-]. The second-order valence-electron chi connectivity index (χ2n) is 14.3. The van der Waals surface area contributed by atoms with Gasteiger partial charge < -0.3 is 22.3 Å². The number of hydrogen-bond acceptors (Lipinski definition) is 5. The maximum atomic E-state index is 13.2. The first-order valence-corrected chi connectivity index (χ1v) is 21.1. The van der Waals surface area contributed by atoms with E-state index in [4.69, 9.17) is 4.74 Å². The summed E-state index contributed by atoms with van der Waals surface area (Å²) in [6, 6.07) is 0. The van der Waals surface area contributed by atoms with Crippen LogP contribution in [0.3, 0.4) is 0 Å². The Hall–Kier alpha value is -1.66. The molecule has 0 aromatic heterocycles. The molecule has 0 amide bonds. The molecule has 1 N–H and O–H groups in total. The number of nitrogens with zero attached hydrogens (tertiary/aromatic N) is 2. The molecule has 50 heavy (non-hydrogen) atoms. The molecule has 0 spiro atoms. The maximum absolute atomic E-state index is 13.2. The van der Waals surface area contributed by atoms with E-state index >= 15 is 0 Å². The van der Waals surface area contributed by atoms with E-state index in [1.807, 2.05) is 4.58 Å². The fourth-order valence-corrected chi connectivity index (χ4v) is 6.71. The fourth-order valence-electron chi connectivity index (χ4n) is 6.71. The molecular formula is C43H79ClN2O4. The standard InChI is InChI=1S/C43H79N2O4.ClH/c1-3-5-7-9-11-13-15-17-19-21-23-25-27-29-31-33-41(47)43-44(37-39-46)35-36-45(43)38-40-49-42(48)34-32-30-28-26-24-22-20-18-16-14-12-10-8-6-4-2;/h17-20,46H,3-16,21-40H2,1-2H3;1H/q+1;/p-1. The second kappa shape index (κ2) is 37.1. The second-order valence-corrected chi connectivity index (χ2v) is 14.3. The van der Waals surface area contributed by atoms with Crippen molar-refractivity contribution in [3.05, 3.63) is 24.3 Å². The predicted molar refractivity (Wildman–Crippen MR) is 209 cm³/mol. The van der Waals surface area contributed by atoms with Gasteiger partial charge in [-0.3, -0.25) is 19.1 Å². The molecule has 0 saturated heterocycles. The first kappa shape index (κ1) is 48.3. The van der Waals surface area contributed by atoms with Gasteiger partial charge in [0.25, 0.3) is 0 Å². The minimum absolute atomic E-state index is 0. The number of aliphatic hydroxyl groups excluding tert-OH is 1. The van der Waals surface area contributed by atoms with E-state index in [1.165, 1.54) is 141 Å². The smallest absolute Gasteiger partial charge is 0.316 e. The fraction of sp³-hybridized carbons (Fsp3) is 0.837. The van der Waals surface area contributed by atoms with Crippen LogP contribution < -0.4 is 12.4 Å². The van der Waals surface area contributed by atoms with E-state index in [1.54, 1.807) is 0 Å². The molecule has 6 nitrogen and oxygen atoms in total. The summed E-state index contributed by atoms with van der Waals surface area (Å²) >= 11 is 0. The number of Topliss-reactive ketones (excluding diaryl/α,β-unsaturated/α-hetero) is 1. The summed E-state index contributed by atoms with van der Waals surface area (Å²) in [7, 11) is 0. The lowest BCUT2D eigenvalue weighted by Gasteiger charge is -2.13. The summed E-state index contributed by atoms with van der Waals surface area (Å²) < 4.78 is 7.56. The van der Waals surface area contributed by atoms with Gasteiger partial charge in [-0.1, -0.05) is 141 Å². The number of rotatable bonds is 36. The van der Waals surface area contributed by atoms with Crippen molar-refractivity contribution in [1.82, 2.24) is 4.90 Å². The van der Waals surface area contributed by atoms with Crippen molar-refractivity contribution in [3.63, 3.8) is 0 Å². The van der Waals surface area contributed by atoms with Crippen molar-refractivity contribution in [1.29, 1.82) is 0 Å². The zero-order chi connectivity index (χ0) is 35.5. The molecule has 0 unspecified atom stereocenters. The monoisotopic (exact) mass is 723 g/mol. The molecule has 1 rings (SSSR count). The first-order chi connectivity index (χ1) is 24.1. The number of β-amino-alcohol motifs (C(OH)–C–C–N with tert-alkyl or cyclic N) is 1. The van der Waals surface area contributed by atoms with E-state index in [-0.39, 0.29) is 30.8 Å². The normalized spacial score (nSPS) is 13.2. The predicted octanol–water partition coefficient (Wildman–Crippen LogP) is 7.90. The molecule has 0 aromatic rings. The molecule has 0 saturated carbocycles. The zero-order valence-electron chi connectivity index (χ0n) is 32.8.